The standard InChI is InChI=1S/C12H23ClO3S/c1-2-3-4-5-6-7-8-9-12-11(13)10-17(14,15)16-12/h11-12H,2-10H2,1H3. The van der Waals surface area contributed by atoms with Gasteiger partial charge in [-0.3, -0.25) is 4.18 Å². The molecule has 2 atom stereocenters. The lowest BCUT2D eigenvalue weighted by atomic mass is 10.1. The SMILES string of the molecule is CCCCCCCCCC1OS(=O)(=O)CC1Cl. The topological polar surface area (TPSA) is 43.4 Å². The van der Waals surface area contributed by atoms with Gasteiger partial charge in [-0.05, 0) is 6.42 Å². The first kappa shape index (κ1) is 15.3. The largest absolute Gasteiger partial charge is 0.269 e. The monoisotopic (exact) mass is 282 g/mol. The Labute approximate surface area is 110 Å². The van der Waals surface area contributed by atoms with E-state index in [1.54, 1.807) is 0 Å². The van der Waals surface area contributed by atoms with Crippen LogP contribution in [0.1, 0.15) is 58.3 Å². The molecule has 0 aromatic rings. The van der Waals surface area contributed by atoms with Crippen LogP contribution in [-0.4, -0.2) is 25.7 Å². The summed E-state index contributed by atoms with van der Waals surface area (Å²) >= 11 is 5.94. The van der Waals surface area contributed by atoms with Crippen LogP contribution >= 0.6 is 11.6 Å². The average molecular weight is 283 g/mol. The molecule has 0 aromatic carbocycles. The second-order valence-electron chi connectivity index (χ2n) is 4.79. The molecule has 3 nitrogen and oxygen atoms in total. The van der Waals surface area contributed by atoms with Crippen LogP contribution in [0.2, 0.25) is 0 Å². The van der Waals surface area contributed by atoms with Gasteiger partial charge >= 0.3 is 0 Å². The van der Waals surface area contributed by atoms with Crippen molar-refractivity contribution in [1.29, 1.82) is 0 Å². The number of hydrogen-bond donors (Lipinski definition) is 0. The predicted molar refractivity (Wildman–Crippen MR) is 70.9 cm³/mol. The molecule has 0 aliphatic carbocycles. The van der Waals surface area contributed by atoms with E-state index in [0.717, 1.165) is 19.3 Å². The van der Waals surface area contributed by atoms with E-state index in [9.17, 15) is 8.42 Å². The normalized spacial score (nSPS) is 27.4. The van der Waals surface area contributed by atoms with E-state index in [-0.39, 0.29) is 17.2 Å². The van der Waals surface area contributed by atoms with E-state index in [1.807, 2.05) is 0 Å². The third kappa shape index (κ3) is 6.07. The highest BCUT2D eigenvalue weighted by molar-refractivity contribution is 7.87. The molecule has 2 unspecified atom stereocenters. The van der Waals surface area contributed by atoms with Crippen molar-refractivity contribution in [2.45, 2.75) is 69.8 Å². The molecule has 102 valence electrons. The van der Waals surface area contributed by atoms with E-state index in [1.165, 1.54) is 32.1 Å². The van der Waals surface area contributed by atoms with Gasteiger partial charge < -0.3 is 0 Å². The lowest BCUT2D eigenvalue weighted by molar-refractivity contribution is 0.222. The molecule has 0 N–H and O–H groups in total. The number of rotatable bonds is 8. The number of hydrogen-bond acceptors (Lipinski definition) is 3. The van der Waals surface area contributed by atoms with Crippen molar-refractivity contribution in [3.63, 3.8) is 0 Å². The first-order valence-electron chi connectivity index (χ1n) is 6.60. The quantitative estimate of drug-likeness (QED) is 0.389. The molecule has 1 saturated heterocycles. The summed E-state index contributed by atoms with van der Waals surface area (Å²) in [5, 5.41) is -0.361. The molecular formula is C12H23ClO3S. The van der Waals surface area contributed by atoms with Crippen molar-refractivity contribution < 1.29 is 12.6 Å². The van der Waals surface area contributed by atoms with Crippen molar-refractivity contribution >= 4 is 21.7 Å². The van der Waals surface area contributed by atoms with E-state index >= 15 is 0 Å². The van der Waals surface area contributed by atoms with Gasteiger partial charge in [-0.25, -0.2) is 0 Å². The molecular weight excluding hydrogens is 260 g/mol. The lowest BCUT2D eigenvalue weighted by Gasteiger charge is -2.10. The fraction of sp³-hybridized carbons (Fsp3) is 1.00. The molecule has 0 bridgehead atoms. The van der Waals surface area contributed by atoms with Gasteiger partial charge in [-0.15, -0.1) is 11.6 Å². The van der Waals surface area contributed by atoms with Crippen LogP contribution in [0.25, 0.3) is 0 Å². The van der Waals surface area contributed by atoms with Crippen molar-refractivity contribution in [3.8, 4) is 0 Å². The highest BCUT2D eigenvalue weighted by Crippen LogP contribution is 2.25. The summed E-state index contributed by atoms with van der Waals surface area (Å²) in [5.74, 6) is -0.0320. The minimum Gasteiger partial charge on any atom is -0.265 e. The smallest absolute Gasteiger partial charge is 0.265 e. The maximum absolute atomic E-state index is 11.2. The van der Waals surface area contributed by atoms with Crippen LogP contribution in [0, 0.1) is 0 Å². The van der Waals surface area contributed by atoms with Crippen LogP contribution in [-0.2, 0) is 14.3 Å². The first-order valence-corrected chi connectivity index (χ1v) is 8.61. The zero-order valence-electron chi connectivity index (χ0n) is 10.5. The second-order valence-corrected chi connectivity index (χ2v) is 6.99. The maximum atomic E-state index is 11.2. The molecule has 1 heterocycles. The average Bonchev–Trinajstić information content (AvgIpc) is 2.51. The van der Waals surface area contributed by atoms with Crippen LogP contribution in [0.3, 0.4) is 0 Å². The summed E-state index contributed by atoms with van der Waals surface area (Å²) in [6.07, 6.45) is 9.02. The van der Waals surface area contributed by atoms with Crippen molar-refractivity contribution in [2.24, 2.45) is 0 Å². The molecule has 0 saturated carbocycles. The van der Waals surface area contributed by atoms with E-state index in [0.29, 0.717) is 0 Å². The number of unbranched alkanes of at least 4 members (excludes halogenated alkanes) is 6. The summed E-state index contributed by atoms with van der Waals surface area (Å²) in [6.45, 7) is 2.21. The molecule has 1 rings (SSSR count). The van der Waals surface area contributed by atoms with E-state index in [4.69, 9.17) is 15.8 Å². The second kappa shape index (κ2) is 7.59. The van der Waals surface area contributed by atoms with Gasteiger partial charge in [-0.1, -0.05) is 51.9 Å². The highest BCUT2D eigenvalue weighted by atomic mass is 35.5. The molecule has 1 fully saturated rings. The fourth-order valence-electron chi connectivity index (χ4n) is 2.12. The summed E-state index contributed by atoms with van der Waals surface area (Å²) in [4.78, 5) is 0. The van der Waals surface area contributed by atoms with Gasteiger partial charge in [0.25, 0.3) is 10.1 Å². The molecule has 17 heavy (non-hydrogen) atoms. The molecule has 0 radical (unpaired) electrons. The van der Waals surface area contributed by atoms with Crippen LogP contribution in [0.15, 0.2) is 0 Å². The number of halogens is 1. The Morgan fingerprint density at radius 1 is 1.12 bits per heavy atom. The molecule has 1 aliphatic heterocycles. The lowest BCUT2D eigenvalue weighted by Crippen LogP contribution is -2.17. The minimum atomic E-state index is -3.33. The highest BCUT2D eigenvalue weighted by Gasteiger charge is 2.36. The molecule has 0 aromatic heterocycles. The maximum Gasteiger partial charge on any atom is 0.269 e. The first-order chi connectivity index (χ1) is 8.05. The van der Waals surface area contributed by atoms with Gasteiger partial charge in [0.05, 0.1) is 17.2 Å². The summed E-state index contributed by atoms with van der Waals surface area (Å²) < 4.78 is 27.3. The van der Waals surface area contributed by atoms with Gasteiger partial charge in [-0.2, -0.15) is 8.42 Å². The van der Waals surface area contributed by atoms with Crippen molar-refractivity contribution in [2.75, 3.05) is 5.75 Å². The molecule has 0 spiro atoms. The number of alkyl halides is 1. The summed E-state index contributed by atoms with van der Waals surface area (Å²) in [5.41, 5.74) is 0. The minimum absolute atomic E-state index is 0.0320. The summed E-state index contributed by atoms with van der Waals surface area (Å²) in [6, 6.07) is 0. The molecule has 5 heteroatoms. The molecule has 0 amide bonds. The Hall–Kier alpha value is 0.200. The van der Waals surface area contributed by atoms with Crippen LogP contribution < -0.4 is 0 Å². The van der Waals surface area contributed by atoms with Gasteiger partial charge in [0.15, 0.2) is 0 Å². The Morgan fingerprint density at radius 3 is 2.24 bits per heavy atom. The Kier molecular flexibility index (Phi) is 6.82. The Morgan fingerprint density at radius 2 is 1.71 bits per heavy atom. The van der Waals surface area contributed by atoms with E-state index in [2.05, 4.69) is 6.92 Å². The zero-order chi connectivity index (χ0) is 12.7. The van der Waals surface area contributed by atoms with Crippen LogP contribution in [0.5, 0.6) is 0 Å². The summed E-state index contributed by atoms with van der Waals surface area (Å²) in [7, 11) is -3.33. The Bertz CT molecular complexity index is 303. The van der Waals surface area contributed by atoms with Crippen molar-refractivity contribution in [1.82, 2.24) is 0 Å². The van der Waals surface area contributed by atoms with Gasteiger partial charge in [0.2, 0.25) is 0 Å². The van der Waals surface area contributed by atoms with Gasteiger partial charge in [0, 0.05) is 0 Å². The van der Waals surface area contributed by atoms with Gasteiger partial charge in [0.1, 0.15) is 0 Å². The zero-order valence-corrected chi connectivity index (χ0v) is 12.1. The third-order valence-corrected chi connectivity index (χ3v) is 5.06. The predicted octanol–water partition coefficient (Wildman–Crippen LogP) is 3.46. The Balaban J connectivity index is 2.04. The van der Waals surface area contributed by atoms with Crippen LogP contribution in [0.4, 0.5) is 0 Å². The van der Waals surface area contributed by atoms with Crippen molar-refractivity contribution in [3.05, 3.63) is 0 Å². The fourth-order valence-corrected chi connectivity index (χ4v) is 4.11. The van der Waals surface area contributed by atoms with E-state index < -0.39 is 10.1 Å². The molecule has 1 aliphatic rings. The third-order valence-electron chi connectivity index (χ3n) is 3.13.